The molecule has 5 nitrogen and oxygen atoms in total. The number of hydrogen-bond donors (Lipinski definition) is 2. The van der Waals surface area contributed by atoms with Crippen molar-refractivity contribution >= 4 is 28.3 Å². The molecule has 0 spiro atoms. The largest absolute Gasteiger partial charge is 0.350 e. The van der Waals surface area contributed by atoms with Gasteiger partial charge >= 0.3 is 0 Å². The van der Waals surface area contributed by atoms with Crippen molar-refractivity contribution < 1.29 is 9.59 Å². The van der Waals surface area contributed by atoms with E-state index >= 15 is 0 Å². The van der Waals surface area contributed by atoms with Crippen LogP contribution < -0.4 is 10.6 Å². The summed E-state index contributed by atoms with van der Waals surface area (Å²) in [6.45, 7) is 5.53. The Balaban J connectivity index is 1.67. The first kappa shape index (κ1) is 19.8. The van der Waals surface area contributed by atoms with Gasteiger partial charge in [-0.1, -0.05) is 43.3 Å². The Morgan fingerprint density at radius 3 is 2.36 bits per heavy atom. The quantitative estimate of drug-likeness (QED) is 0.631. The van der Waals surface area contributed by atoms with E-state index < -0.39 is 0 Å². The highest BCUT2D eigenvalue weighted by molar-refractivity contribution is 7.14. The highest BCUT2D eigenvalue weighted by Gasteiger charge is 2.11. The predicted molar refractivity (Wildman–Crippen MR) is 114 cm³/mol. The fourth-order valence-corrected chi connectivity index (χ4v) is 3.57. The monoisotopic (exact) mass is 393 g/mol. The molecular formula is C22H23N3O2S. The van der Waals surface area contributed by atoms with E-state index in [2.05, 4.69) is 22.5 Å². The number of aryl methyl sites for hydroxylation is 1. The van der Waals surface area contributed by atoms with E-state index in [9.17, 15) is 9.59 Å². The maximum absolute atomic E-state index is 12.4. The minimum Gasteiger partial charge on any atom is -0.350 e. The summed E-state index contributed by atoms with van der Waals surface area (Å²) >= 11 is 1.39. The predicted octanol–water partition coefficient (Wildman–Crippen LogP) is 4.82. The van der Waals surface area contributed by atoms with E-state index in [1.54, 1.807) is 0 Å². The summed E-state index contributed by atoms with van der Waals surface area (Å²) in [5.74, 6) is -0.219. The number of nitrogens with zero attached hydrogens (tertiary/aromatic N) is 1. The molecule has 2 aromatic carbocycles. The molecule has 3 rings (SSSR count). The van der Waals surface area contributed by atoms with Crippen LogP contribution in [0.25, 0.3) is 11.3 Å². The second kappa shape index (κ2) is 8.80. The number of rotatable bonds is 6. The third kappa shape index (κ3) is 4.84. The van der Waals surface area contributed by atoms with Gasteiger partial charge in [0, 0.05) is 23.4 Å². The Bertz CT molecular complexity index is 962. The molecule has 0 aliphatic carbocycles. The lowest BCUT2D eigenvalue weighted by Gasteiger charge is -2.13. The van der Waals surface area contributed by atoms with E-state index in [0.29, 0.717) is 10.7 Å². The van der Waals surface area contributed by atoms with Gasteiger partial charge in [0.15, 0.2) is 5.13 Å². The molecular weight excluding hydrogens is 370 g/mol. The third-order valence-corrected chi connectivity index (χ3v) is 5.23. The number of anilines is 1. The third-order valence-electron chi connectivity index (χ3n) is 4.48. The Kier molecular flexibility index (Phi) is 6.21. The molecule has 1 atom stereocenters. The lowest BCUT2D eigenvalue weighted by atomic mass is 10.1. The van der Waals surface area contributed by atoms with Crippen LogP contribution in [0, 0.1) is 0 Å². The van der Waals surface area contributed by atoms with Crippen LogP contribution in [-0.4, -0.2) is 16.8 Å². The zero-order valence-corrected chi connectivity index (χ0v) is 17.0. The van der Waals surface area contributed by atoms with Gasteiger partial charge in [-0.05, 0) is 36.6 Å². The summed E-state index contributed by atoms with van der Waals surface area (Å²) in [6.07, 6.45) is 0.945. The average Bonchev–Trinajstić information content (AvgIpc) is 3.16. The molecule has 0 aliphatic rings. The molecule has 3 aromatic rings. The number of thiazole rings is 1. The molecule has 6 heteroatoms. The molecule has 28 heavy (non-hydrogen) atoms. The number of hydrogen-bond acceptors (Lipinski definition) is 4. The van der Waals surface area contributed by atoms with Gasteiger partial charge in [0.2, 0.25) is 5.91 Å². The smallest absolute Gasteiger partial charge is 0.257 e. The minimum atomic E-state index is -0.164. The number of amides is 2. The van der Waals surface area contributed by atoms with E-state index in [0.717, 1.165) is 23.2 Å². The second-order valence-corrected chi connectivity index (χ2v) is 7.44. The number of aromatic nitrogens is 1. The van der Waals surface area contributed by atoms with Crippen LogP contribution in [0.2, 0.25) is 0 Å². The maximum atomic E-state index is 12.4. The molecule has 1 heterocycles. The van der Waals surface area contributed by atoms with Gasteiger partial charge in [-0.15, -0.1) is 11.3 Å². The Morgan fingerprint density at radius 1 is 1.07 bits per heavy atom. The van der Waals surface area contributed by atoms with E-state index in [4.69, 9.17) is 0 Å². The molecule has 0 bridgehead atoms. The fraction of sp³-hybridized carbons (Fsp3) is 0.227. The lowest BCUT2D eigenvalue weighted by molar-refractivity contribution is -0.119. The van der Waals surface area contributed by atoms with E-state index in [1.165, 1.54) is 23.8 Å². The van der Waals surface area contributed by atoms with Gasteiger partial charge in [0.1, 0.15) is 0 Å². The Hall–Kier alpha value is -2.99. The molecule has 2 amide bonds. The zero-order valence-electron chi connectivity index (χ0n) is 16.2. The number of nitrogens with one attached hydrogen (secondary N) is 2. The molecule has 0 saturated heterocycles. The molecule has 0 fully saturated rings. The summed E-state index contributed by atoms with van der Waals surface area (Å²) in [4.78, 5) is 28.1. The molecule has 1 unspecified atom stereocenters. The molecule has 2 N–H and O–H groups in total. The molecule has 144 valence electrons. The lowest BCUT2D eigenvalue weighted by Crippen LogP contribution is -2.23. The zero-order chi connectivity index (χ0) is 20.1. The summed E-state index contributed by atoms with van der Waals surface area (Å²) in [5, 5.41) is 8.21. The number of benzene rings is 2. The first-order valence-corrected chi connectivity index (χ1v) is 10.1. The van der Waals surface area contributed by atoms with Gasteiger partial charge in [-0.25, -0.2) is 4.98 Å². The molecule has 0 radical (unpaired) electrons. The van der Waals surface area contributed by atoms with Crippen molar-refractivity contribution in [3.63, 3.8) is 0 Å². The summed E-state index contributed by atoms with van der Waals surface area (Å²) in [7, 11) is 0. The van der Waals surface area contributed by atoms with Gasteiger partial charge in [-0.3, -0.25) is 14.9 Å². The van der Waals surface area contributed by atoms with Crippen molar-refractivity contribution in [3.8, 4) is 11.3 Å². The first-order chi connectivity index (χ1) is 13.5. The van der Waals surface area contributed by atoms with Crippen molar-refractivity contribution in [2.24, 2.45) is 0 Å². The van der Waals surface area contributed by atoms with Crippen LogP contribution in [0.3, 0.4) is 0 Å². The van der Waals surface area contributed by atoms with Crippen LogP contribution in [0.1, 0.15) is 48.3 Å². The highest BCUT2D eigenvalue weighted by atomic mass is 32.1. The van der Waals surface area contributed by atoms with Crippen LogP contribution in [0.5, 0.6) is 0 Å². The summed E-state index contributed by atoms with van der Waals surface area (Å²) < 4.78 is 0. The van der Waals surface area contributed by atoms with E-state index in [1.807, 2.05) is 60.8 Å². The summed E-state index contributed by atoms with van der Waals surface area (Å²) in [6, 6.07) is 15.4. The van der Waals surface area contributed by atoms with Gasteiger partial charge in [0.25, 0.3) is 5.91 Å². The van der Waals surface area contributed by atoms with Gasteiger partial charge in [-0.2, -0.15) is 0 Å². The fourth-order valence-electron chi connectivity index (χ4n) is 2.86. The number of carbonyl (C=O) groups excluding carboxylic acids is 2. The topological polar surface area (TPSA) is 71.1 Å². The molecule has 0 saturated carbocycles. The van der Waals surface area contributed by atoms with Crippen LogP contribution >= 0.6 is 11.3 Å². The minimum absolute atomic E-state index is 0.0454. The Morgan fingerprint density at radius 2 is 1.75 bits per heavy atom. The first-order valence-electron chi connectivity index (χ1n) is 9.19. The van der Waals surface area contributed by atoms with Gasteiger partial charge < -0.3 is 5.32 Å². The normalized spacial score (nSPS) is 11.7. The maximum Gasteiger partial charge on any atom is 0.257 e. The average molecular weight is 394 g/mol. The Labute approximate surface area is 168 Å². The van der Waals surface area contributed by atoms with Crippen LogP contribution in [-0.2, 0) is 11.2 Å². The van der Waals surface area contributed by atoms with E-state index in [-0.39, 0.29) is 17.9 Å². The van der Waals surface area contributed by atoms with Crippen molar-refractivity contribution in [1.29, 1.82) is 0 Å². The van der Waals surface area contributed by atoms with Gasteiger partial charge in [0.05, 0.1) is 11.7 Å². The second-order valence-electron chi connectivity index (χ2n) is 6.59. The molecule has 0 aliphatic heterocycles. The van der Waals surface area contributed by atoms with Crippen molar-refractivity contribution in [2.45, 2.75) is 33.2 Å². The molecule has 1 aromatic heterocycles. The van der Waals surface area contributed by atoms with Crippen molar-refractivity contribution in [2.75, 3.05) is 5.32 Å². The van der Waals surface area contributed by atoms with Crippen molar-refractivity contribution in [1.82, 2.24) is 10.3 Å². The number of carbonyl (C=O) groups is 2. The van der Waals surface area contributed by atoms with Crippen molar-refractivity contribution in [3.05, 3.63) is 70.6 Å². The SMILES string of the molecule is CCc1ccc(C(=O)Nc2nc(-c3ccc(C(C)NC(C)=O)cc3)cs2)cc1. The van der Waals surface area contributed by atoms with Crippen LogP contribution in [0.15, 0.2) is 53.9 Å². The summed E-state index contributed by atoms with van der Waals surface area (Å²) in [5.41, 5.74) is 4.61. The standard InChI is InChI=1S/C22H23N3O2S/c1-4-16-5-7-19(8-6-16)21(27)25-22-24-20(13-28-22)18-11-9-17(10-12-18)14(2)23-15(3)26/h5-14H,4H2,1-3H3,(H,23,26)(H,24,25,27). The van der Waals surface area contributed by atoms with Crippen LogP contribution in [0.4, 0.5) is 5.13 Å². The highest BCUT2D eigenvalue weighted by Crippen LogP contribution is 2.26.